The molecule has 7 nitrogen and oxygen atoms in total. The summed E-state index contributed by atoms with van der Waals surface area (Å²) in [5.41, 5.74) is 1.15. The fourth-order valence-electron chi connectivity index (χ4n) is 3.12. The lowest BCUT2D eigenvalue weighted by molar-refractivity contribution is -0.120. The van der Waals surface area contributed by atoms with Crippen molar-refractivity contribution in [3.63, 3.8) is 0 Å². The van der Waals surface area contributed by atoms with Crippen LogP contribution in [0.4, 0.5) is 5.69 Å². The molecule has 1 atom stereocenters. The molecule has 0 aromatic heterocycles. The van der Waals surface area contributed by atoms with Crippen molar-refractivity contribution in [2.75, 3.05) is 22.4 Å². The first kappa shape index (κ1) is 20.3. The number of hydrogen-bond donors (Lipinski definition) is 1. The van der Waals surface area contributed by atoms with Crippen LogP contribution < -0.4 is 9.62 Å². The van der Waals surface area contributed by atoms with Crippen molar-refractivity contribution in [3.8, 4) is 0 Å². The van der Waals surface area contributed by atoms with Crippen LogP contribution in [0.3, 0.4) is 0 Å². The van der Waals surface area contributed by atoms with Gasteiger partial charge in [-0.25, -0.2) is 16.8 Å². The second kappa shape index (κ2) is 7.92. The first-order chi connectivity index (χ1) is 13.2. The van der Waals surface area contributed by atoms with Crippen molar-refractivity contribution in [2.24, 2.45) is 0 Å². The molecule has 3 rings (SSSR count). The van der Waals surface area contributed by atoms with Gasteiger partial charge in [0.15, 0.2) is 9.84 Å². The van der Waals surface area contributed by atoms with Gasteiger partial charge >= 0.3 is 0 Å². The Bertz CT molecular complexity index is 1070. The van der Waals surface area contributed by atoms with Gasteiger partial charge in [-0.1, -0.05) is 30.3 Å². The molecular formula is C19H22N2O5S2. The molecule has 9 heteroatoms. The number of aryl methyl sites for hydroxylation is 1. The van der Waals surface area contributed by atoms with Crippen LogP contribution in [-0.2, 0) is 24.7 Å². The van der Waals surface area contributed by atoms with Gasteiger partial charge in [0.25, 0.3) is 10.0 Å². The molecule has 28 heavy (non-hydrogen) atoms. The zero-order valence-corrected chi connectivity index (χ0v) is 17.0. The average Bonchev–Trinajstić information content (AvgIpc) is 2.98. The second-order valence-corrected chi connectivity index (χ2v) is 10.9. The topological polar surface area (TPSA) is 101 Å². The summed E-state index contributed by atoms with van der Waals surface area (Å²) >= 11 is 0. The summed E-state index contributed by atoms with van der Waals surface area (Å²) in [6.07, 6.45) is 0.337. The molecule has 1 amide bonds. The molecule has 1 aliphatic heterocycles. The molecule has 0 bridgehead atoms. The Kier molecular flexibility index (Phi) is 5.76. The van der Waals surface area contributed by atoms with E-state index in [1.54, 1.807) is 55.5 Å². The molecule has 1 aliphatic rings. The summed E-state index contributed by atoms with van der Waals surface area (Å²) in [6, 6.07) is 14.3. The van der Waals surface area contributed by atoms with Crippen LogP contribution in [0.2, 0.25) is 0 Å². The number of anilines is 1. The van der Waals surface area contributed by atoms with Crippen LogP contribution in [0.25, 0.3) is 0 Å². The maximum absolute atomic E-state index is 13.2. The number of nitrogens with one attached hydrogen (secondary N) is 1. The number of sulfone groups is 1. The first-order valence-corrected chi connectivity index (χ1v) is 12.1. The van der Waals surface area contributed by atoms with Crippen molar-refractivity contribution in [1.29, 1.82) is 0 Å². The molecular weight excluding hydrogens is 400 g/mol. The highest BCUT2D eigenvalue weighted by Gasteiger charge is 2.31. The molecule has 0 saturated carbocycles. The number of para-hydroxylation sites is 1. The third-order valence-corrected chi connectivity index (χ3v) is 8.04. The number of carbonyl (C=O) groups excluding carboxylic acids is 1. The van der Waals surface area contributed by atoms with Gasteiger partial charge in [0.05, 0.1) is 22.1 Å². The van der Waals surface area contributed by atoms with Gasteiger partial charge in [-0.05, 0) is 43.2 Å². The summed E-state index contributed by atoms with van der Waals surface area (Å²) in [7, 11) is -7.12. The zero-order chi connectivity index (χ0) is 20.4. The van der Waals surface area contributed by atoms with E-state index in [9.17, 15) is 21.6 Å². The molecule has 2 aromatic rings. The number of carbonyl (C=O) groups is 1. The molecule has 0 aliphatic carbocycles. The Labute approximate surface area is 165 Å². The third kappa shape index (κ3) is 4.71. The Balaban J connectivity index is 1.87. The fraction of sp³-hybridized carbons (Fsp3) is 0.316. The minimum atomic E-state index is -3.97. The average molecular weight is 423 g/mol. The van der Waals surface area contributed by atoms with Crippen molar-refractivity contribution in [1.82, 2.24) is 5.32 Å². The maximum Gasteiger partial charge on any atom is 0.264 e. The largest absolute Gasteiger partial charge is 0.351 e. The highest BCUT2D eigenvalue weighted by Crippen LogP contribution is 2.24. The van der Waals surface area contributed by atoms with Crippen molar-refractivity contribution in [3.05, 3.63) is 60.2 Å². The highest BCUT2D eigenvalue weighted by molar-refractivity contribution is 7.93. The Hall–Kier alpha value is -2.39. The predicted octanol–water partition coefficient (Wildman–Crippen LogP) is 1.49. The lowest BCUT2D eigenvalue weighted by Crippen LogP contribution is -2.44. The van der Waals surface area contributed by atoms with E-state index in [1.807, 2.05) is 0 Å². The van der Waals surface area contributed by atoms with Crippen molar-refractivity contribution < 1.29 is 21.6 Å². The van der Waals surface area contributed by atoms with Gasteiger partial charge in [-0.3, -0.25) is 9.10 Å². The van der Waals surface area contributed by atoms with Gasteiger partial charge in [0.2, 0.25) is 5.91 Å². The van der Waals surface area contributed by atoms with E-state index in [0.29, 0.717) is 12.1 Å². The number of sulfonamides is 1. The molecule has 1 heterocycles. The maximum atomic E-state index is 13.2. The standard InChI is InChI=1S/C19H22N2O5S2/c1-15-6-5-9-18(12-15)28(25,26)21(17-7-3-2-4-8-17)13-19(22)20-16-10-11-27(23,24)14-16/h2-9,12,16H,10-11,13-14H2,1H3,(H,20,22)/t16-/m0/s1. The van der Waals surface area contributed by atoms with Crippen LogP contribution in [0.15, 0.2) is 59.5 Å². The second-order valence-electron chi connectivity index (χ2n) is 6.83. The van der Waals surface area contributed by atoms with Crippen LogP contribution in [0, 0.1) is 6.92 Å². The van der Waals surface area contributed by atoms with Crippen LogP contribution in [0.5, 0.6) is 0 Å². The summed E-state index contributed by atoms with van der Waals surface area (Å²) in [4.78, 5) is 12.6. The molecule has 0 spiro atoms. The molecule has 150 valence electrons. The Morgan fingerprint density at radius 1 is 1.14 bits per heavy atom. The number of amides is 1. The lowest BCUT2D eigenvalue weighted by Gasteiger charge is -2.25. The van der Waals surface area contributed by atoms with Gasteiger partial charge in [0, 0.05) is 6.04 Å². The molecule has 2 aromatic carbocycles. The molecule has 1 N–H and O–H groups in total. The van der Waals surface area contributed by atoms with Gasteiger partial charge in [0.1, 0.15) is 6.54 Å². The minimum Gasteiger partial charge on any atom is -0.351 e. The number of rotatable bonds is 6. The molecule has 0 radical (unpaired) electrons. The van der Waals surface area contributed by atoms with Crippen LogP contribution >= 0.6 is 0 Å². The predicted molar refractivity (Wildman–Crippen MR) is 107 cm³/mol. The van der Waals surface area contributed by atoms with E-state index in [4.69, 9.17) is 0 Å². The van der Waals surface area contributed by atoms with E-state index in [-0.39, 0.29) is 16.4 Å². The summed E-state index contributed by atoms with van der Waals surface area (Å²) in [6.45, 7) is 1.36. The van der Waals surface area contributed by atoms with E-state index in [0.717, 1.165) is 9.87 Å². The third-order valence-electron chi connectivity index (χ3n) is 4.51. The van der Waals surface area contributed by atoms with Crippen molar-refractivity contribution >= 4 is 31.5 Å². The molecule has 0 unspecified atom stereocenters. The Morgan fingerprint density at radius 2 is 1.86 bits per heavy atom. The SMILES string of the molecule is Cc1cccc(S(=O)(=O)N(CC(=O)N[C@H]2CCS(=O)(=O)C2)c2ccccc2)c1. The summed E-state index contributed by atoms with van der Waals surface area (Å²) < 4.78 is 50.6. The smallest absolute Gasteiger partial charge is 0.264 e. The first-order valence-electron chi connectivity index (χ1n) is 8.82. The number of nitrogens with zero attached hydrogens (tertiary/aromatic N) is 1. The van der Waals surface area contributed by atoms with Gasteiger partial charge in [-0.2, -0.15) is 0 Å². The van der Waals surface area contributed by atoms with Crippen LogP contribution in [-0.4, -0.2) is 46.8 Å². The minimum absolute atomic E-state index is 0.0297. The molecule has 1 saturated heterocycles. The number of benzene rings is 2. The highest BCUT2D eigenvalue weighted by atomic mass is 32.2. The monoisotopic (exact) mass is 422 g/mol. The quantitative estimate of drug-likeness (QED) is 0.760. The van der Waals surface area contributed by atoms with E-state index in [1.165, 1.54) is 6.07 Å². The molecule has 1 fully saturated rings. The zero-order valence-electron chi connectivity index (χ0n) is 15.4. The normalized spacial score (nSPS) is 18.5. The van der Waals surface area contributed by atoms with E-state index < -0.39 is 38.4 Å². The van der Waals surface area contributed by atoms with Crippen molar-refractivity contribution in [2.45, 2.75) is 24.3 Å². The number of hydrogen-bond acceptors (Lipinski definition) is 5. The van der Waals surface area contributed by atoms with Crippen LogP contribution in [0.1, 0.15) is 12.0 Å². The Morgan fingerprint density at radius 3 is 2.46 bits per heavy atom. The summed E-state index contributed by atoms with van der Waals surface area (Å²) in [5, 5.41) is 2.65. The fourth-order valence-corrected chi connectivity index (χ4v) is 6.32. The summed E-state index contributed by atoms with van der Waals surface area (Å²) in [5.74, 6) is -0.626. The van der Waals surface area contributed by atoms with Gasteiger partial charge in [-0.15, -0.1) is 0 Å². The lowest BCUT2D eigenvalue weighted by atomic mass is 10.2. The van der Waals surface area contributed by atoms with E-state index in [2.05, 4.69) is 5.32 Å². The van der Waals surface area contributed by atoms with Gasteiger partial charge < -0.3 is 5.32 Å². The van der Waals surface area contributed by atoms with E-state index >= 15 is 0 Å².